The number of rotatable bonds is 6. The molecule has 1 unspecified atom stereocenters. The van der Waals surface area contributed by atoms with E-state index in [1.165, 1.54) is 0 Å². The summed E-state index contributed by atoms with van der Waals surface area (Å²) < 4.78 is 24.4. The van der Waals surface area contributed by atoms with Gasteiger partial charge in [-0.25, -0.2) is 13.6 Å². The standard InChI is InChI=1S/C21H23N3O2S/c22-19(17-9-5-2-6-10-17)12-16-13-20(23)18(21(14-16)27(24,25)26)11-15-7-3-1-4-8-15/h1-10,13-14,19H,11-12,22-23H2,(H2,24,25,26). The smallest absolute Gasteiger partial charge is 0.238 e. The normalized spacial score (nSPS) is 12.7. The molecule has 0 aliphatic carbocycles. The van der Waals surface area contributed by atoms with Crippen molar-refractivity contribution in [2.24, 2.45) is 10.9 Å². The maximum atomic E-state index is 12.2. The molecular weight excluding hydrogens is 358 g/mol. The van der Waals surface area contributed by atoms with Crippen molar-refractivity contribution in [1.82, 2.24) is 0 Å². The lowest BCUT2D eigenvalue weighted by molar-refractivity contribution is 0.596. The van der Waals surface area contributed by atoms with Crippen molar-refractivity contribution in [3.63, 3.8) is 0 Å². The second-order valence-electron chi connectivity index (χ2n) is 6.59. The van der Waals surface area contributed by atoms with Crippen LogP contribution in [0.15, 0.2) is 77.7 Å². The molecule has 0 bridgehead atoms. The van der Waals surface area contributed by atoms with E-state index >= 15 is 0 Å². The van der Waals surface area contributed by atoms with Gasteiger partial charge in [0.05, 0.1) is 4.90 Å². The van der Waals surface area contributed by atoms with Crippen LogP contribution in [0.25, 0.3) is 0 Å². The topological polar surface area (TPSA) is 112 Å². The summed E-state index contributed by atoms with van der Waals surface area (Å²) in [5.41, 5.74) is 16.1. The van der Waals surface area contributed by atoms with Crippen LogP contribution in [0, 0.1) is 0 Å². The summed E-state index contributed by atoms with van der Waals surface area (Å²) in [5, 5.41) is 5.48. The predicted octanol–water partition coefficient (Wildman–Crippen LogP) is 2.75. The van der Waals surface area contributed by atoms with Crippen LogP contribution in [0.3, 0.4) is 0 Å². The van der Waals surface area contributed by atoms with Gasteiger partial charge in [0.25, 0.3) is 0 Å². The third-order valence-electron chi connectivity index (χ3n) is 4.52. The Labute approximate surface area is 159 Å². The summed E-state index contributed by atoms with van der Waals surface area (Å²) in [7, 11) is -3.92. The molecule has 3 aromatic rings. The van der Waals surface area contributed by atoms with Gasteiger partial charge in [-0.15, -0.1) is 0 Å². The quantitative estimate of drug-likeness (QED) is 0.570. The van der Waals surface area contributed by atoms with Gasteiger partial charge >= 0.3 is 0 Å². The molecule has 6 N–H and O–H groups in total. The zero-order valence-corrected chi connectivity index (χ0v) is 15.7. The second-order valence-corrected chi connectivity index (χ2v) is 8.12. The summed E-state index contributed by atoms with van der Waals surface area (Å²) in [5.74, 6) is 0. The minimum atomic E-state index is -3.92. The molecule has 3 rings (SSSR count). The van der Waals surface area contributed by atoms with Gasteiger partial charge in [0.2, 0.25) is 10.0 Å². The maximum Gasteiger partial charge on any atom is 0.238 e. The summed E-state index contributed by atoms with van der Waals surface area (Å²) in [4.78, 5) is 0.0571. The summed E-state index contributed by atoms with van der Waals surface area (Å²) in [6, 6.07) is 22.3. The minimum Gasteiger partial charge on any atom is -0.398 e. The van der Waals surface area contributed by atoms with E-state index in [9.17, 15) is 8.42 Å². The van der Waals surface area contributed by atoms with Crippen molar-refractivity contribution in [2.45, 2.75) is 23.8 Å². The SMILES string of the molecule is Nc1cc(CC(N)c2ccccc2)cc(S(N)(=O)=O)c1Cc1ccccc1. The van der Waals surface area contributed by atoms with Crippen molar-refractivity contribution in [3.05, 3.63) is 95.1 Å². The molecule has 3 aromatic carbocycles. The molecule has 5 nitrogen and oxygen atoms in total. The first-order valence-electron chi connectivity index (χ1n) is 8.63. The van der Waals surface area contributed by atoms with Crippen molar-refractivity contribution >= 4 is 15.7 Å². The van der Waals surface area contributed by atoms with E-state index in [0.29, 0.717) is 24.1 Å². The molecule has 0 saturated heterocycles. The zero-order valence-electron chi connectivity index (χ0n) is 14.9. The van der Waals surface area contributed by atoms with Crippen LogP contribution in [0.2, 0.25) is 0 Å². The molecule has 0 aromatic heterocycles. The van der Waals surface area contributed by atoms with Crippen LogP contribution in [0.5, 0.6) is 0 Å². The number of anilines is 1. The third kappa shape index (κ3) is 4.74. The highest BCUT2D eigenvalue weighted by Gasteiger charge is 2.19. The van der Waals surface area contributed by atoms with Gasteiger partial charge in [-0.3, -0.25) is 0 Å². The van der Waals surface area contributed by atoms with Crippen LogP contribution in [0.4, 0.5) is 5.69 Å². The molecule has 0 spiro atoms. The Morgan fingerprint density at radius 3 is 2.04 bits per heavy atom. The van der Waals surface area contributed by atoms with Crippen LogP contribution < -0.4 is 16.6 Å². The Balaban J connectivity index is 1.97. The average molecular weight is 382 g/mol. The van der Waals surface area contributed by atoms with Crippen LogP contribution in [0.1, 0.15) is 28.3 Å². The van der Waals surface area contributed by atoms with Crippen LogP contribution >= 0.6 is 0 Å². The van der Waals surface area contributed by atoms with Gasteiger partial charge in [-0.05, 0) is 40.8 Å². The minimum absolute atomic E-state index is 0.0571. The summed E-state index contributed by atoms with van der Waals surface area (Å²) in [6.45, 7) is 0. The van der Waals surface area contributed by atoms with Crippen molar-refractivity contribution in [1.29, 1.82) is 0 Å². The van der Waals surface area contributed by atoms with Gasteiger partial charge in [0.15, 0.2) is 0 Å². The van der Waals surface area contributed by atoms with E-state index < -0.39 is 10.0 Å². The number of hydrogen-bond acceptors (Lipinski definition) is 4. The van der Waals surface area contributed by atoms with E-state index in [1.54, 1.807) is 12.1 Å². The highest BCUT2D eigenvalue weighted by Crippen LogP contribution is 2.28. The maximum absolute atomic E-state index is 12.2. The fourth-order valence-electron chi connectivity index (χ4n) is 3.16. The molecule has 140 valence electrons. The van der Waals surface area contributed by atoms with Crippen LogP contribution in [-0.4, -0.2) is 8.42 Å². The van der Waals surface area contributed by atoms with E-state index in [2.05, 4.69) is 0 Å². The fraction of sp³-hybridized carbons (Fsp3) is 0.143. The van der Waals surface area contributed by atoms with Gasteiger partial charge < -0.3 is 11.5 Å². The second kappa shape index (κ2) is 7.92. The van der Waals surface area contributed by atoms with Gasteiger partial charge in [-0.1, -0.05) is 60.7 Å². The lowest BCUT2D eigenvalue weighted by Crippen LogP contribution is -2.18. The first kappa shape index (κ1) is 19.1. The van der Waals surface area contributed by atoms with E-state index in [0.717, 1.165) is 16.7 Å². The molecule has 0 fully saturated rings. The molecule has 27 heavy (non-hydrogen) atoms. The highest BCUT2D eigenvalue weighted by atomic mass is 32.2. The van der Waals surface area contributed by atoms with Crippen molar-refractivity contribution in [2.75, 3.05) is 5.73 Å². The largest absolute Gasteiger partial charge is 0.398 e. The number of hydrogen-bond donors (Lipinski definition) is 3. The zero-order chi connectivity index (χ0) is 19.4. The first-order chi connectivity index (χ1) is 12.8. The number of sulfonamides is 1. The number of nitrogens with two attached hydrogens (primary N) is 3. The number of primary sulfonamides is 1. The lowest BCUT2D eigenvalue weighted by atomic mass is 9.96. The summed E-state index contributed by atoms with van der Waals surface area (Å²) in [6.07, 6.45) is 0.853. The Morgan fingerprint density at radius 1 is 0.852 bits per heavy atom. The molecule has 0 radical (unpaired) electrons. The van der Waals surface area contributed by atoms with Gasteiger partial charge in [0, 0.05) is 18.2 Å². The molecule has 0 aliphatic heterocycles. The van der Waals surface area contributed by atoms with Gasteiger partial charge in [-0.2, -0.15) is 0 Å². The Hall–Kier alpha value is -2.67. The van der Waals surface area contributed by atoms with E-state index in [1.807, 2.05) is 60.7 Å². The Bertz CT molecular complexity index is 1020. The average Bonchev–Trinajstić information content (AvgIpc) is 2.64. The fourth-order valence-corrected chi connectivity index (χ4v) is 4.01. The van der Waals surface area contributed by atoms with Crippen molar-refractivity contribution < 1.29 is 8.42 Å². The molecule has 0 aliphatic rings. The monoisotopic (exact) mass is 381 g/mol. The molecule has 0 heterocycles. The molecular formula is C21H23N3O2S. The third-order valence-corrected chi connectivity index (χ3v) is 5.49. The molecule has 1 atom stereocenters. The predicted molar refractivity (Wildman–Crippen MR) is 109 cm³/mol. The number of benzene rings is 3. The molecule has 0 saturated carbocycles. The highest BCUT2D eigenvalue weighted by molar-refractivity contribution is 7.89. The van der Waals surface area contributed by atoms with Crippen LogP contribution in [-0.2, 0) is 22.9 Å². The van der Waals surface area contributed by atoms with Gasteiger partial charge in [0.1, 0.15) is 0 Å². The molecule has 6 heteroatoms. The number of nitrogen functional groups attached to an aromatic ring is 1. The summed E-state index contributed by atoms with van der Waals surface area (Å²) >= 11 is 0. The van der Waals surface area contributed by atoms with E-state index in [-0.39, 0.29) is 10.9 Å². The van der Waals surface area contributed by atoms with Crippen molar-refractivity contribution in [3.8, 4) is 0 Å². The Morgan fingerprint density at radius 2 is 1.44 bits per heavy atom. The lowest BCUT2D eigenvalue weighted by Gasteiger charge is -2.17. The molecule has 0 amide bonds. The Kier molecular flexibility index (Phi) is 5.60. The van der Waals surface area contributed by atoms with E-state index in [4.69, 9.17) is 16.6 Å². The first-order valence-corrected chi connectivity index (χ1v) is 10.2.